The molecule has 0 aliphatic heterocycles. The van der Waals surface area contributed by atoms with E-state index < -0.39 is 27.6 Å². The van der Waals surface area contributed by atoms with Gasteiger partial charge in [-0.2, -0.15) is 30.7 Å². The first kappa shape index (κ1) is 14.7. The van der Waals surface area contributed by atoms with E-state index in [0.29, 0.717) is 0 Å². The Morgan fingerprint density at radius 1 is 0.944 bits per heavy atom. The highest BCUT2D eigenvalue weighted by Gasteiger charge is 2.52. The van der Waals surface area contributed by atoms with Gasteiger partial charge in [-0.25, -0.2) is 0 Å². The maximum Gasteiger partial charge on any atom is 0.460 e. The van der Waals surface area contributed by atoms with Crippen molar-refractivity contribution in [2.45, 2.75) is 11.0 Å². The molecule has 0 bridgehead atoms. The Bertz CT molecular complexity index is 448. The van der Waals surface area contributed by atoms with Crippen LogP contribution in [-0.4, -0.2) is 16.9 Å². The summed E-state index contributed by atoms with van der Waals surface area (Å²) in [5.41, 5.74) is -11.6. The summed E-state index contributed by atoms with van der Waals surface area (Å²) < 4.78 is 75.1. The van der Waals surface area contributed by atoms with Gasteiger partial charge in [-0.15, -0.1) is 0 Å². The third kappa shape index (κ3) is 3.83. The van der Waals surface area contributed by atoms with Crippen molar-refractivity contribution in [3.8, 4) is 0 Å². The van der Waals surface area contributed by atoms with Gasteiger partial charge in [-0.1, -0.05) is 18.2 Å². The Balaban J connectivity index is 3.16. The van der Waals surface area contributed by atoms with Gasteiger partial charge in [0.2, 0.25) is 0 Å². The predicted octanol–water partition coefficient (Wildman–Crippen LogP) is 3.67. The fourth-order valence-electron chi connectivity index (χ4n) is 0.951. The summed E-state index contributed by atoms with van der Waals surface area (Å²) in [5, 5.41) is 0. The number of carbonyl (C=O) groups is 1. The standard InChI is InChI=1S/C9H5F6NOS/c10-8(11,12)18(9(13,14)15)16-7(17)6-4-2-1-3-5-6/h1-5H. The fourth-order valence-corrected chi connectivity index (χ4v) is 1.69. The molecule has 0 N–H and O–H groups in total. The Morgan fingerprint density at radius 2 is 1.39 bits per heavy atom. The average Bonchev–Trinajstić information content (AvgIpc) is 2.23. The van der Waals surface area contributed by atoms with E-state index in [1.165, 1.54) is 18.2 Å². The second-order valence-electron chi connectivity index (χ2n) is 2.94. The minimum Gasteiger partial charge on any atom is -0.266 e. The first-order valence-corrected chi connectivity index (χ1v) is 5.49. The molecule has 0 aliphatic carbocycles. The highest BCUT2D eigenvalue weighted by molar-refractivity contribution is 7.89. The van der Waals surface area contributed by atoms with Crippen molar-refractivity contribution in [1.82, 2.24) is 0 Å². The van der Waals surface area contributed by atoms with Gasteiger partial charge in [0, 0.05) is 5.56 Å². The van der Waals surface area contributed by atoms with Gasteiger partial charge in [-0.05, 0) is 12.1 Å². The van der Waals surface area contributed by atoms with Crippen LogP contribution in [0.3, 0.4) is 0 Å². The molecule has 0 heterocycles. The number of hydrogen-bond acceptors (Lipinski definition) is 1. The topological polar surface area (TPSA) is 29.4 Å². The summed E-state index contributed by atoms with van der Waals surface area (Å²) >= 11 is 0. The van der Waals surface area contributed by atoms with Crippen LogP contribution in [0, 0.1) is 0 Å². The highest BCUT2D eigenvalue weighted by Crippen LogP contribution is 2.35. The van der Waals surface area contributed by atoms with Crippen LogP contribution in [-0.2, 0) is 10.7 Å². The van der Waals surface area contributed by atoms with Gasteiger partial charge in [-0.3, -0.25) is 4.79 Å². The molecule has 0 spiro atoms. The van der Waals surface area contributed by atoms with E-state index in [0.717, 1.165) is 12.1 Å². The van der Waals surface area contributed by atoms with Crippen LogP contribution in [0.25, 0.3) is 0 Å². The van der Waals surface area contributed by atoms with E-state index in [1.54, 1.807) is 0 Å². The lowest BCUT2D eigenvalue weighted by Crippen LogP contribution is -2.30. The maximum atomic E-state index is 12.1. The molecule has 0 aliphatic rings. The Labute approximate surface area is 99.7 Å². The zero-order valence-corrected chi connectivity index (χ0v) is 9.23. The quantitative estimate of drug-likeness (QED) is 0.725. The fraction of sp³-hybridized carbons (Fsp3) is 0.222. The van der Waals surface area contributed by atoms with E-state index in [4.69, 9.17) is 0 Å². The minimum absolute atomic E-state index is 0.330. The molecule has 1 aromatic rings. The van der Waals surface area contributed by atoms with Gasteiger partial charge in [0.25, 0.3) is 5.91 Å². The van der Waals surface area contributed by atoms with Gasteiger partial charge in [0.05, 0.1) is 0 Å². The molecule has 0 aromatic heterocycles. The summed E-state index contributed by atoms with van der Waals surface area (Å²) in [6.07, 6.45) is 0. The second kappa shape index (κ2) is 5.09. The Morgan fingerprint density at radius 3 is 1.78 bits per heavy atom. The Kier molecular flexibility index (Phi) is 4.15. The van der Waals surface area contributed by atoms with Crippen molar-refractivity contribution >= 4 is 16.6 Å². The first-order valence-electron chi connectivity index (χ1n) is 4.31. The zero-order chi connectivity index (χ0) is 14.0. The highest BCUT2D eigenvalue weighted by atomic mass is 32.2. The molecule has 1 rings (SSSR count). The molecule has 0 unspecified atom stereocenters. The van der Waals surface area contributed by atoms with Crippen LogP contribution < -0.4 is 0 Å². The summed E-state index contributed by atoms with van der Waals surface area (Å²) in [6.45, 7) is 0. The van der Waals surface area contributed by atoms with Crippen molar-refractivity contribution < 1.29 is 31.1 Å². The van der Waals surface area contributed by atoms with Crippen LogP contribution >= 0.6 is 0 Å². The van der Waals surface area contributed by atoms with Crippen molar-refractivity contribution in [3.05, 3.63) is 35.9 Å². The third-order valence-corrected chi connectivity index (χ3v) is 2.86. The first-order chi connectivity index (χ1) is 8.12. The molecule has 0 radical (unpaired) electrons. The molecule has 100 valence electrons. The molecule has 18 heavy (non-hydrogen) atoms. The molecule has 9 heteroatoms. The SMILES string of the molecule is O=C(N=S(C(F)(F)F)C(F)(F)F)c1ccccc1. The molecular formula is C9H5F6NOS. The summed E-state index contributed by atoms with van der Waals surface area (Å²) in [6, 6.07) is 6.24. The molecule has 1 amide bonds. The van der Waals surface area contributed by atoms with Crippen molar-refractivity contribution in [1.29, 1.82) is 0 Å². The summed E-state index contributed by atoms with van der Waals surface area (Å²) in [5.74, 6) is -1.55. The molecule has 0 fully saturated rings. The Hall–Kier alpha value is -1.38. The van der Waals surface area contributed by atoms with Crippen LogP contribution in [0.4, 0.5) is 26.3 Å². The van der Waals surface area contributed by atoms with Gasteiger partial charge in [0.15, 0.2) is 0 Å². The van der Waals surface area contributed by atoms with Gasteiger partial charge < -0.3 is 0 Å². The lowest BCUT2D eigenvalue weighted by atomic mass is 10.2. The second-order valence-corrected chi connectivity index (χ2v) is 4.62. The molecule has 1 aromatic carbocycles. The van der Waals surface area contributed by atoms with E-state index in [1.807, 2.05) is 0 Å². The lowest BCUT2D eigenvalue weighted by Gasteiger charge is -2.13. The predicted molar refractivity (Wildman–Crippen MR) is 52.7 cm³/mol. The number of rotatable bonds is 1. The van der Waals surface area contributed by atoms with Gasteiger partial charge in [0.1, 0.15) is 10.7 Å². The van der Waals surface area contributed by atoms with Crippen LogP contribution in [0.5, 0.6) is 0 Å². The molecule has 0 atom stereocenters. The smallest absolute Gasteiger partial charge is 0.266 e. The molecule has 0 saturated carbocycles. The van der Waals surface area contributed by atoms with E-state index in [-0.39, 0.29) is 5.56 Å². The zero-order valence-electron chi connectivity index (χ0n) is 8.42. The summed E-state index contributed by atoms with van der Waals surface area (Å²) in [4.78, 5) is 11.2. The van der Waals surface area contributed by atoms with Gasteiger partial charge >= 0.3 is 11.0 Å². The number of amides is 1. The third-order valence-electron chi connectivity index (χ3n) is 1.63. The van der Waals surface area contributed by atoms with E-state index in [2.05, 4.69) is 4.36 Å². The number of benzene rings is 1. The van der Waals surface area contributed by atoms with E-state index in [9.17, 15) is 31.1 Å². The lowest BCUT2D eigenvalue weighted by molar-refractivity contribution is -0.0749. The molecular weight excluding hydrogens is 284 g/mol. The number of alkyl halides is 6. The maximum absolute atomic E-state index is 12.1. The van der Waals surface area contributed by atoms with E-state index >= 15 is 0 Å². The van der Waals surface area contributed by atoms with Crippen LogP contribution in [0.1, 0.15) is 10.4 Å². The minimum atomic E-state index is -5.62. The molecule has 0 saturated heterocycles. The molecule has 2 nitrogen and oxygen atoms in total. The largest absolute Gasteiger partial charge is 0.460 e. The average molecular weight is 289 g/mol. The van der Waals surface area contributed by atoms with Crippen molar-refractivity contribution in [3.63, 3.8) is 0 Å². The number of carbonyl (C=O) groups excluding carboxylic acids is 1. The summed E-state index contributed by atoms with van der Waals surface area (Å²) in [7, 11) is -4.31. The number of halogens is 6. The normalized spacial score (nSPS) is 12.6. The number of hydrogen-bond donors (Lipinski definition) is 0. The number of nitrogens with zero attached hydrogens (tertiary/aromatic N) is 1. The monoisotopic (exact) mass is 289 g/mol. The van der Waals surface area contributed by atoms with Crippen LogP contribution in [0.15, 0.2) is 34.7 Å². The van der Waals surface area contributed by atoms with Crippen molar-refractivity contribution in [2.75, 3.05) is 0 Å². The van der Waals surface area contributed by atoms with Crippen LogP contribution in [0.2, 0.25) is 0 Å². The van der Waals surface area contributed by atoms with Crippen molar-refractivity contribution in [2.24, 2.45) is 4.36 Å².